The molecule has 0 unspecified atom stereocenters. The normalized spacial score (nSPS) is 11.4. The summed E-state index contributed by atoms with van der Waals surface area (Å²) in [5.74, 6) is 5.25. The molecular weight excluding hydrogens is 190 g/mol. The average Bonchev–Trinajstić information content (AvgIpc) is 2.65. The lowest BCUT2D eigenvalue weighted by Gasteiger charge is -2.15. The molecule has 0 aliphatic heterocycles. The topological polar surface area (TPSA) is 70.0 Å². The van der Waals surface area contributed by atoms with Crippen LogP contribution in [0, 0.1) is 0 Å². The van der Waals surface area contributed by atoms with Crippen LogP contribution in [0.3, 0.4) is 0 Å². The monoisotopic (exact) mass is 205 g/mol. The van der Waals surface area contributed by atoms with E-state index in [9.17, 15) is 0 Å². The third-order valence-corrected chi connectivity index (χ3v) is 2.30. The lowest BCUT2D eigenvalue weighted by atomic mass is 10.2. The maximum Gasteiger partial charge on any atom is 0.0931 e. The lowest BCUT2D eigenvalue weighted by molar-refractivity contribution is 0.301. The summed E-state index contributed by atoms with van der Waals surface area (Å²) < 4.78 is 0. The molecule has 5 nitrogen and oxygen atoms in total. The van der Waals surface area contributed by atoms with Crippen LogP contribution in [0.25, 0.3) is 11.0 Å². The molecule has 4 N–H and O–H groups in total. The predicted molar refractivity (Wildman–Crippen MR) is 59.8 cm³/mol. The number of nitrogens with zero attached hydrogens (tertiary/aromatic N) is 2. The molecule has 2 rings (SSSR count). The smallest absolute Gasteiger partial charge is 0.0931 e. The van der Waals surface area contributed by atoms with Crippen LogP contribution in [0.4, 0.5) is 0 Å². The van der Waals surface area contributed by atoms with Crippen LogP contribution in [-0.2, 0) is 6.54 Å². The number of benzene rings is 1. The van der Waals surface area contributed by atoms with Gasteiger partial charge in [-0.3, -0.25) is 10.7 Å². The van der Waals surface area contributed by atoms with Crippen LogP contribution >= 0.6 is 0 Å². The van der Waals surface area contributed by atoms with E-state index in [-0.39, 0.29) is 0 Å². The second-order valence-electron chi connectivity index (χ2n) is 3.63. The maximum absolute atomic E-state index is 5.25. The van der Waals surface area contributed by atoms with Gasteiger partial charge in [0.25, 0.3) is 0 Å². The molecule has 2 aromatic rings. The Labute approximate surface area is 88.3 Å². The van der Waals surface area contributed by atoms with E-state index in [4.69, 9.17) is 5.84 Å². The largest absolute Gasteiger partial charge is 0.345 e. The molecule has 1 aromatic carbocycles. The Hall–Kier alpha value is -1.43. The molecule has 1 aromatic heterocycles. The van der Waals surface area contributed by atoms with Gasteiger partial charge in [-0.05, 0) is 24.7 Å². The molecule has 1 heterocycles. The van der Waals surface area contributed by atoms with Gasteiger partial charge in [-0.2, -0.15) is 0 Å². The highest BCUT2D eigenvalue weighted by atomic mass is 15.3. The zero-order valence-corrected chi connectivity index (χ0v) is 8.70. The zero-order valence-electron chi connectivity index (χ0n) is 8.70. The molecule has 80 valence electrons. The van der Waals surface area contributed by atoms with E-state index in [1.807, 2.05) is 13.1 Å². The van der Waals surface area contributed by atoms with Crippen molar-refractivity contribution in [1.29, 1.82) is 0 Å². The molecule has 0 aliphatic carbocycles. The Kier molecular flexibility index (Phi) is 2.96. The van der Waals surface area contributed by atoms with Crippen LogP contribution in [0.5, 0.6) is 0 Å². The fourth-order valence-electron chi connectivity index (χ4n) is 1.60. The van der Waals surface area contributed by atoms with Crippen molar-refractivity contribution in [1.82, 2.24) is 20.3 Å². The van der Waals surface area contributed by atoms with Crippen molar-refractivity contribution < 1.29 is 0 Å². The van der Waals surface area contributed by atoms with Crippen molar-refractivity contribution in [2.45, 2.75) is 6.54 Å². The van der Waals surface area contributed by atoms with Gasteiger partial charge in [0.1, 0.15) is 0 Å². The number of nitrogens with two attached hydrogens (primary N) is 1. The minimum absolute atomic E-state index is 0.668. The number of imidazole rings is 1. The molecule has 0 aliphatic rings. The molecule has 0 bridgehead atoms. The Morgan fingerprint density at radius 2 is 2.40 bits per heavy atom. The van der Waals surface area contributed by atoms with Crippen LogP contribution in [0.15, 0.2) is 24.5 Å². The quantitative estimate of drug-likeness (QED) is 0.384. The van der Waals surface area contributed by atoms with E-state index in [1.165, 1.54) is 5.56 Å². The summed E-state index contributed by atoms with van der Waals surface area (Å²) in [5, 5.41) is 0. The molecule has 5 heteroatoms. The minimum atomic E-state index is 0.668. The van der Waals surface area contributed by atoms with Crippen LogP contribution in [0.1, 0.15) is 5.56 Å². The lowest BCUT2D eigenvalue weighted by Crippen LogP contribution is -2.34. The Morgan fingerprint density at radius 3 is 3.20 bits per heavy atom. The van der Waals surface area contributed by atoms with Crippen molar-refractivity contribution in [3.8, 4) is 0 Å². The Bertz CT molecular complexity index is 436. The number of hydrogen-bond acceptors (Lipinski definition) is 4. The number of aromatic nitrogens is 2. The van der Waals surface area contributed by atoms with Crippen molar-refractivity contribution in [3.63, 3.8) is 0 Å². The summed E-state index contributed by atoms with van der Waals surface area (Å²) >= 11 is 0. The highest BCUT2D eigenvalue weighted by Crippen LogP contribution is 2.12. The number of hydrogen-bond donors (Lipinski definition) is 3. The van der Waals surface area contributed by atoms with Gasteiger partial charge in [0.2, 0.25) is 0 Å². The van der Waals surface area contributed by atoms with E-state index < -0.39 is 0 Å². The van der Waals surface area contributed by atoms with Gasteiger partial charge in [0.15, 0.2) is 0 Å². The number of rotatable bonds is 4. The van der Waals surface area contributed by atoms with Crippen molar-refractivity contribution in [2.75, 3.05) is 13.7 Å². The molecule has 0 saturated carbocycles. The SMILES string of the molecule is CN(CNN)Cc1ccc2nc[nH]c2c1. The summed E-state index contributed by atoms with van der Waals surface area (Å²) in [5.41, 5.74) is 5.94. The number of nitrogens with one attached hydrogen (secondary N) is 2. The zero-order chi connectivity index (χ0) is 10.7. The molecule has 15 heavy (non-hydrogen) atoms. The average molecular weight is 205 g/mol. The van der Waals surface area contributed by atoms with Gasteiger partial charge < -0.3 is 4.98 Å². The molecule has 0 radical (unpaired) electrons. The van der Waals surface area contributed by atoms with Gasteiger partial charge in [-0.1, -0.05) is 6.07 Å². The minimum Gasteiger partial charge on any atom is -0.345 e. The Balaban J connectivity index is 2.14. The standard InChI is InChI=1S/C10H15N5/c1-15(7-14-11)5-8-2-3-9-10(4-8)13-6-12-9/h2-4,6,14H,5,7,11H2,1H3,(H,12,13). The third kappa shape index (κ3) is 2.33. The summed E-state index contributed by atoms with van der Waals surface area (Å²) in [6.45, 7) is 1.53. The number of H-pyrrole nitrogens is 1. The molecule has 0 amide bonds. The van der Waals surface area contributed by atoms with Gasteiger partial charge in [-0.15, -0.1) is 0 Å². The molecule has 0 spiro atoms. The molecule has 0 saturated heterocycles. The van der Waals surface area contributed by atoms with E-state index in [1.54, 1.807) is 6.33 Å². The van der Waals surface area contributed by atoms with E-state index in [0.717, 1.165) is 17.6 Å². The first-order chi connectivity index (χ1) is 7.29. The molecule has 0 atom stereocenters. The van der Waals surface area contributed by atoms with Crippen LogP contribution in [-0.4, -0.2) is 28.6 Å². The number of hydrazine groups is 1. The second-order valence-corrected chi connectivity index (χ2v) is 3.63. The fraction of sp³-hybridized carbons (Fsp3) is 0.300. The van der Waals surface area contributed by atoms with Gasteiger partial charge in [0, 0.05) is 6.54 Å². The van der Waals surface area contributed by atoms with E-state index in [2.05, 4.69) is 32.4 Å². The summed E-state index contributed by atoms with van der Waals surface area (Å²) in [6, 6.07) is 6.20. The predicted octanol–water partition coefficient (Wildman–Crippen LogP) is 0.416. The van der Waals surface area contributed by atoms with Gasteiger partial charge in [-0.25, -0.2) is 10.4 Å². The summed E-state index contributed by atoms with van der Waals surface area (Å²) in [4.78, 5) is 9.36. The highest BCUT2D eigenvalue weighted by molar-refractivity contribution is 5.74. The highest BCUT2D eigenvalue weighted by Gasteiger charge is 2.01. The molecular formula is C10H15N5. The second kappa shape index (κ2) is 4.39. The number of aromatic amines is 1. The van der Waals surface area contributed by atoms with Gasteiger partial charge >= 0.3 is 0 Å². The van der Waals surface area contributed by atoms with E-state index >= 15 is 0 Å². The number of fused-ring (bicyclic) bond motifs is 1. The Morgan fingerprint density at radius 1 is 1.53 bits per heavy atom. The van der Waals surface area contributed by atoms with Crippen LogP contribution in [0.2, 0.25) is 0 Å². The third-order valence-electron chi connectivity index (χ3n) is 2.30. The first-order valence-electron chi connectivity index (χ1n) is 4.83. The summed E-state index contributed by atoms with van der Waals surface area (Å²) in [7, 11) is 2.01. The summed E-state index contributed by atoms with van der Waals surface area (Å²) in [6.07, 6.45) is 1.71. The first-order valence-corrected chi connectivity index (χ1v) is 4.83. The van der Waals surface area contributed by atoms with Gasteiger partial charge in [0.05, 0.1) is 24.0 Å². The van der Waals surface area contributed by atoms with E-state index in [0.29, 0.717) is 6.67 Å². The first kappa shape index (κ1) is 10.1. The molecule has 0 fully saturated rings. The van der Waals surface area contributed by atoms with Crippen LogP contribution < -0.4 is 11.3 Å². The van der Waals surface area contributed by atoms with Crippen molar-refractivity contribution in [3.05, 3.63) is 30.1 Å². The van der Waals surface area contributed by atoms with Crippen molar-refractivity contribution in [2.24, 2.45) is 5.84 Å². The fourth-order valence-corrected chi connectivity index (χ4v) is 1.60. The maximum atomic E-state index is 5.25. The van der Waals surface area contributed by atoms with Crippen molar-refractivity contribution >= 4 is 11.0 Å².